The van der Waals surface area contributed by atoms with Gasteiger partial charge in [-0.2, -0.15) is 0 Å². The van der Waals surface area contributed by atoms with Crippen molar-refractivity contribution >= 4 is 33.3 Å². The molecule has 0 aliphatic carbocycles. The summed E-state index contributed by atoms with van der Waals surface area (Å²) >= 11 is 1.60. The molecule has 1 aromatic heterocycles. The average Bonchev–Trinajstić information content (AvgIpc) is 3.18. The third kappa shape index (κ3) is 5.21. The van der Waals surface area contributed by atoms with Gasteiger partial charge in [0.05, 0.1) is 13.2 Å². The van der Waals surface area contributed by atoms with Crippen molar-refractivity contribution in [3.8, 4) is 5.75 Å². The highest BCUT2D eigenvalue weighted by molar-refractivity contribution is 7.89. The lowest BCUT2D eigenvalue weighted by Gasteiger charge is -2.20. The van der Waals surface area contributed by atoms with Crippen molar-refractivity contribution in [2.24, 2.45) is 5.92 Å². The van der Waals surface area contributed by atoms with Crippen molar-refractivity contribution in [1.29, 1.82) is 0 Å². The number of nitrogens with one attached hydrogen (secondary N) is 1. The van der Waals surface area contributed by atoms with Gasteiger partial charge in [-0.1, -0.05) is 26.0 Å². The number of methoxy groups -OCH3 is 1. The fourth-order valence-corrected chi connectivity index (χ4v) is 4.64. The first kappa shape index (κ1) is 22.1. The minimum atomic E-state index is -3.67. The monoisotopic (exact) mass is 422 g/mol. The first-order valence-corrected chi connectivity index (χ1v) is 11.1. The fourth-order valence-electron chi connectivity index (χ4n) is 2.60. The molecule has 0 aliphatic heterocycles. The molecule has 1 atom stereocenters. The van der Waals surface area contributed by atoms with Gasteiger partial charge in [0.15, 0.2) is 0 Å². The van der Waals surface area contributed by atoms with Crippen molar-refractivity contribution in [1.82, 2.24) is 9.62 Å². The second-order valence-corrected chi connectivity index (χ2v) is 9.88. The van der Waals surface area contributed by atoms with Crippen LogP contribution in [-0.4, -0.2) is 39.8 Å². The second kappa shape index (κ2) is 9.36. The van der Waals surface area contributed by atoms with Gasteiger partial charge < -0.3 is 10.1 Å². The van der Waals surface area contributed by atoms with Gasteiger partial charge in [0.1, 0.15) is 10.6 Å². The highest BCUT2D eigenvalue weighted by atomic mass is 32.2. The lowest BCUT2D eigenvalue weighted by atomic mass is 10.0. The molecule has 1 N–H and O–H groups in total. The van der Waals surface area contributed by atoms with Crippen LogP contribution in [0.1, 0.15) is 30.3 Å². The SMILES string of the molecule is COc1ccc(/C=C/C(=O)N[C@@H](c2cccs2)C(C)C)cc1S(=O)(=O)N(C)C. The molecule has 0 radical (unpaired) electrons. The number of hydrogen-bond donors (Lipinski definition) is 1. The van der Waals surface area contributed by atoms with E-state index in [4.69, 9.17) is 4.74 Å². The molecule has 2 rings (SSSR count). The lowest BCUT2D eigenvalue weighted by molar-refractivity contribution is -0.117. The molecule has 152 valence electrons. The maximum atomic E-state index is 12.5. The smallest absolute Gasteiger partial charge is 0.246 e. The third-order valence-corrected chi connectivity index (χ3v) is 6.98. The molecular formula is C20H26N2O4S2. The van der Waals surface area contributed by atoms with Crippen LogP contribution < -0.4 is 10.1 Å². The Balaban J connectivity index is 2.23. The largest absolute Gasteiger partial charge is 0.495 e. The summed E-state index contributed by atoms with van der Waals surface area (Å²) in [6.07, 6.45) is 3.01. The first-order valence-electron chi connectivity index (χ1n) is 8.79. The molecule has 0 aliphatic rings. The van der Waals surface area contributed by atoms with E-state index < -0.39 is 10.0 Å². The van der Waals surface area contributed by atoms with Crippen molar-refractivity contribution in [3.05, 3.63) is 52.2 Å². The first-order chi connectivity index (χ1) is 13.2. The fraction of sp³-hybridized carbons (Fsp3) is 0.350. The van der Waals surface area contributed by atoms with E-state index in [1.165, 1.54) is 33.3 Å². The summed E-state index contributed by atoms with van der Waals surface area (Å²) < 4.78 is 31.3. The molecule has 8 heteroatoms. The van der Waals surface area contributed by atoms with E-state index in [-0.39, 0.29) is 28.5 Å². The van der Waals surface area contributed by atoms with Crippen LogP contribution in [0.2, 0.25) is 0 Å². The van der Waals surface area contributed by atoms with Gasteiger partial charge in [-0.3, -0.25) is 4.79 Å². The summed E-state index contributed by atoms with van der Waals surface area (Å²) in [6.45, 7) is 4.10. The number of nitrogens with zero attached hydrogens (tertiary/aromatic N) is 1. The minimum Gasteiger partial charge on any atom is -0.495 e. The average molecular weight is 423 g/mol. The van der Waals surface area contributed by atoms with Gasteiger partial charge in [-0.15, -0.1) is 11.3 Å². The van der Waals surface area contributed by atoms with Crippen LogP contribution in [0.15, 0.2) is 46.7 Å². The van der Waals surface area contributed by atoms with E-state index in [0.717, 1.165) is 9.18 Å². The Morgan fingerprint density at radius 3 is 2.50 bits per heavy atom. The summed E-state index contributed by atoms with van der Waals surface area (Å²) in [5.41, 5.74) is 0.591. The van der Waals surface area contributed by atoms with E-state index in [1.54, 1.807) is 29.5 Å². The molecule has 28 heavy (non-hydrogen) atoms. The Morgan fingerprint density at radius 1 is 1.25 bits per heavy atom. The van der Waals surface area contributed by atoms with Crippen LogP contribution in [-0.2, 0) is 14.8 Å². The van der Waals surface area contributed by atoms with Crippen LogP contribution in [0.25, 0.3) is 6.08 Å². The minimum absolute atomic E-state index is 0.0567. The Kier molecular flexibility index (Phi) is 7.40. The zero-order valence-corrected chi connectivity index (χ0v) is 18.3. The van der Waals surface area contributed by atoms with E-state index in [1.807, 2.05) is 17.5 Å². The number of hydrogen-bond acceptors (Lipinski definition) is 5. The number of benzene rings is 1. The number of ether oxygens (including phenoxy) is 1. The molecule has 0 bridgehead atoms. The molecule has 1 aromatic carbocycles. The van der Waals surface area contributed by atoms with E-state index in [2.05, 4.69) is 19.2 Å². The van der Waals surface area contributed by atoms with E-state index in [9.17, 15) is 13.2 Å². The summed E-state index contributed by atoms with van der Waals surface area (Å²) in [4.78, 5) is 13.5. The maximum Gasteiger partial charge on any atom is 0.246 e. The summed E-state index contributed by atoms with van der Waals surface area (Å²) in [6, 6.07) is 8.67. The van der Waals surface area contributed by atoms with Gasteiger partial charge in [-0.25, -0.2) is 12.7 Å². The van der Waals surface area contributed by atoms with Crippen LogP contribution in [0.3, 0.4) is 0 Å². The molecule has 0 spiro atoms. The zero-order valence-electron chi connectivity index (χ0n) is 16.7. The lowest BCUT2D eigenvalue weighted by Crippen LogP contribution is -2.29. The second-order valence-electron chi connectivity index (χ2n) is 6.78. The van der Waals surface area contributed by atoms with Gasteiger partial charge in [0.25, 0.3) is 0 Å². The zero-order chi connectivity index (χ0) is 20.9. The topological polar surface area (TPSA) is 75.7 Å². The van der Waals surface area contributed by atoms with E-state index >= 15 is 0 Å². The predicted molar refractivity (Wildman–Crippen MR) is 113 cm³/mol. The predicted octanol–water partition coefficient (Wildman–Crippen LogP) is 3.53. The van der Waals surface area contributed by atoms with Crippen LogP contribution in [0, 0.1) is 5.92 Å². The molecule has 0 saturated heterocycles. The molecular weight excluding hydrogens is 396 g/mol. The normalized spacial score (nSPS) is 13.2. The van der Waals surface area contributed by atoms with Gasteiger partial charge in [0.2, 0.25) is 15.9 Å². The number of carbonyl (C=O) groups excluding carboxylic acids is 1. The molecule has 1 heterocycles. The van der Waals surface area contributed by atoms with Crippen LogP contribution in [0.5, 0.6) is 5.75 Å². The van der Waals surface area contributed by atoms with Gasteiger partial charge in [-0.05, 0) is 41.1 Å². The number of carbonyl (C=O) groups is 1. The maximum absolute atomic E-state index is 12.5. The Morgan fingerprint density at radius 2 is 1.96 bits per heavy atom. The molecule has 0 fully saturated rings. The molecule has 2 aromatic rings. The number of rotatable bonds is 8. The summed E-state index contributed by atoms with van der Waals surface area (Å²) in [7, 11) is 0.674. The van der Waals surface area contributed by atoms with Crippen LogP contribution >= 0.6 is 11.3 Å². The Hall–Kier alpha value is -2.16. The molecule has 0 saturated carbocycles. The number of amides is 1. The van der Waals surface area contributed by atoms with Gasteiger partial charge in [0, 0.05) is 25.0 Å². The van der Waals surface area contributed by atoms with Crippen molar-refractivity contribution in [2.75, 3.05) is 21.2 Å². The summed E-state index contributed by atoms with van der Waals surface area (Å²) in [5, 5.41) is 4.99. The third-order valence-electron chi connectivity index (χ3n) is 4.19. The van der Waals surface area contributed by atoms with Crippen LogP contribution in [0.4, 0.5) is 0 Å². The number of sulfonamides is 1. The summed E-state index contributed by atoms with van der Waals surface area (Å²) in [5.74, 6) is 0.265. The van der Waals surface area contributed by atoms with Crippen molar-refractivity contribution in [2.45, 2.75) is 24.8 Å². The highest BCUT2D eigenvalue weighted by Gasteiger charge is 2.22. The Labute approximate surface area is 170 Å². The standard InChI is InChI=1S/C20H26N2O4S2/c1-14(2)20(17-7-6-12-27-17)21-19(23)11-9-15-8-10-16(26-5)18(13-15)28(24,25)22(3)4/h6-14,20H,1-5H3,(H,21,23)/b11-9+/t20-/m1/s1. The highest BCUT2D eigenvalue weighted by Crippen LogP contribution is 2.28. The van der Waals surface area contributed by atoms with Crippen molar-refractivity contribution < 1.29 is 17.9 Å². The number of thiophene rings is 1. The van der Waals surface area contributed by atoms with E-state index in [0.29, 0.717) is 5.56 Å². The Bertz CT molecular complexity index is 933. The molecule has 6 nitrogen and oxygen atoms in total. The van der Waals surface area contributed by atoms with Gasteiger partial charge >= 0.3 is 0 Å². The quantitative estimate of drug-likeness (QED) is 0.661. The molecule has 0 unspecified atom stereocenters. The molecule has 1 amide bonds. The van der Waals surface area contributed by atoms with Crippen molar-refractivity contribution in [3.63, 3.8) is 0 Å².